The Kier molecular flexibility index (Phi) is 4.40. The molecule has 1 aromatic heterocycles. The molecule has 3 rings (SSSR count). The first-order valence-electron chi connectivity index (χ1n) is 8.36. The third kappa shape index (κ3) is 2.60. The van der Waals surface area contributed by atoms with Crippen molar-refractivity contribution >= 4 is 10.8 Å². The lowest BCUT2D eigenvalue weighted by molar-refractivity contribution is 0.392. The Hall–Kier alpha value is -2.95. The van der Waals surface area contributed by atoms with Crippen LogP contribution in [0.5, 0.6) is 17.2 Å². The van der Waals surface area contributed by atoms with Crippen LogP contribution in [0.25, 0.3) is 22.0 Å². The van der Waals surface area contributed by atoms with Crippen molar-refractivity contribution in [1.29, 1.82) is 0 Å². The summed E-state index contributed by atoms with van der Waals surface area (Å²) in [6, 6.07) is 7.57. The van der Waals surface area contributed by atoms with Crippen molar-refractivity contribution in [3.8, 4) is 28.5 Å². The van der Waals surface area contributed by atoms with Gasteiger partial charge in [-0.15, -0.1) is 0 Å². The minimum Gasteiger partial charge on any atom is -0.507 e. The van der Waals surface area contributed by atoms with Crippen LogP contribution in [0.15, 0.2) is 29.1 Å². The van der Waals surface area contributed by atoms with Gasteiger partial charge in [0.1, 0.15) is 17.2 Å². The minimum absolute atomic E-state index is 0.136. The maximum atomic E-state index is 13.1. The molecule has 0 spiro atoms. The number of hydrogen-bond donors (Lipinski definition) is 1. The molecule has 0 saturated carbocycles. The smallest absolute Gasteiger partial charge is 0.262 e. The van der Waals surface area contributed by atoms with E-state index < -0.39 is 0 Å². The van der Waals surface area contributed by atoms with E-state index in [1.165, 1.54) is 0 Å². The van der Waals surface area contributed by atoms with E-state index in [1.54, 1.807) is 25.8 Å². The number of aryl methyl sites for hydroxylation is 2. The lowest BCUT2D eigenvalue weighted by Gasteiger charge is -2.17. The Balaban J connectivity index is 2.42. The summed E-state index contributed by atoms with van der Waals surface area (Å²) in [4.78, 5) is 13.1. The molecule has 0 aliphatic heterocycles. The Bertz CT molecular complexity index is 1060. The first kappa shape index (κ1) is 17.9. The number of rotatable bonds is 3. The van der Waals surface area contributed by atoms with Crippen LogP contribution in [0.4, 0.5) is 0 Å². The molecule has 0 radical (unpaired) electrons. The van der Waals surface area contributed by atoms with Gasteiger partial charge in [0.05, 0.1) is 25.3 Å². The number of aromatic hydroxyl groups is 1. The summed E-state index contributed by atoms with van der Waals surface area (Å²) in [6.45, 7) is 5.57. The van der Waals surface area contributed by atoms with Crippen LogP contribution in [0, 0.1) is 20.8 Å². The van der Waals surface area contributed by atoms with Crippen molar-refractivity contribution < 1.29 is 14.6 Å². The molecule has 0 aliphatic rings. The average Bonchev–Trinajstić information content (AvgIpc) is 2.62. The fourth-order valence-electron chi connectivity index (χ4n) is 3.46. The van der Waals surface area contributed by atoms with Crippen LogP contribution in [-0.2, 0) is 7.05 Å². The third-order valence-electron chi connectivity index (χ3n) is 4.90. The number of nitrogens with zero attached hydrogens (tertiary/aromatic N) is 1. The maximum absolute atomic E-state index is 13.1. The first-order valence-corrected chi connectivity index (χ1v) is 8.36. The Morgan fingerprint density at radius 3 is 2.12 bits per heavy atom. The van der Waals surface area contributed by atoms with Crippen molar-refractivity contribution in [2.24, 2.45) is 7.05 Å². The summed E-state index contributed by atoms with van der Waals surface area (Å²) in [6.07, 6.45) is 0. The largest absolute Gasteiger partial charge is 0.507 e. The Morgan fingerprint density at radius 2 is 1.58 bits per heavy atom. The molecule has 0 saturated heterocycles. The van der Waals surface area contributed by atoms with Crippen molar-refractivity contribution in [2.75, 3.05) is 14.2 Å². The number of hydrogen-bond acceptors (Lipinski definition) is 4. The average molecular weight is 353 g/mol. The van der Waals surface area contributed by atoms with Crippen LogP contribution in [0.2, 0.25) is 0 Å². The summed E-state index contributed by atoms with van der Waals surface area (Å²) in [5, 5.41) is 11.3. The molecule has 0 atom stereocenters. The standard InChI is InChI=1S/C21H23NO4/c1-11-7-14(8-12(2)19(11)23)16-9-15-10-17(25-5)13(3)20(26-6)18(15)21(24)22(16)4/h7-10,23H,1-6H3. The molecule has 0 fully saturated rings. The topological polar surface area (TPSA) is 60.7 Å². The second kappa shape index (κ2) is 6.41. The second-order valence-corrected chi connectivity index (χ2v) is 6.55. The molecule has 1 heterocycles. The van der Waals surface area contributed by atoms with Gasteiger partial charge in [-0.25, -0.2) is 0 Å². The van der Waals surface area contributed by atoms with E-state index in [2.05, 4.69) is 0 Å². The predicted molar refractivity (Wildman–Crippen MR) is 104 cm³/mol. The highest BCUT2D eigenvalue weighted by atomic mass is 16.5. The highest BCUT2D eigenvalue weighted by molar-refractivity contribution is 5.93. The number of ether oxygens (including phenoxy) is 2. The van der Waals surface area contributed by atoms with Gasteiger partial charge >= 0.3 is 0 Å². The van der Waals surface area contributed by atoms with Crippen molar-refractivity contribution in [1.82, 2.24) is 4.57 Å². The van der Waals surface area contributed by atoms with E-state index in [0.717, 1.165) is 33.3 Å². The molecular formula is C21H23NO4. The molecule has 1 N–H and O–H groups in total. The fourth-order valence-corrected chi connectivity index (χ4v) is 3.46. The number of aromatic nitrogens is 1. The zero-order valence-corrected chi connectivity index (χ0v) is 15.9. The fraction of sp³-hybridized carbons (Fsp3) is 0.286. The zero-order chi connectivity index (χ0) is 19.2. The number of phenolic OH excluding ortho intramolecular Hbond substituents is 1. The molecule has 3 aromatic rings. The van der Waals surface area contributed by atoms with Crippen LogP contribution in [0.3, 0.4) is 0 Å². The van der Waals surface area contributed by atoms with Gasteiger partial charge in [-0.3, -0.25) is 4.79 Å². The number of phenols is 1. The summed E-state index contributed by atoms with van der Waals surface area (Å²) < 4.78 is 12.6. The summed E-state index contributed by atoms with van der Waals surface area (Å²) in [5.41, 5.74) is 3.84. The van der Waals surface area contributed by atoms with E-state index in [-0.39, 0.29) is 11.3 Å². The van der Waals surface area contributed by atoms with E-state index in [1.807, 2.05) is 45.0 Å². The predicted octanol–water partition coefficient (Wildman–Crippen LogP) is 3.85. The highest BCUT2D eigenvalue weighted by Gasteiger charge is 2.18. The molecule has 0 aliphatic carbocycles. The number of fused-ring (bicyclic) bond motifs is 1. The van der Waals surface area contributed by atoms with Gasteiger partial charge in [-0.05, 0) is 67.1 Å². The molecule has 26 heavy (non-hydrogen) atoms. The van der Waals surface area contributed by atoms with Crippen LogP contribution < -0.4 is 15.0 Å². The monoisotopic (exact) mass is 353 g/mol. The minimum atomic E-state index is -0.136. The molecule has 0 unspecified atom stereocenters. The van der Waals surface area contributed by atoms with Gasteiger partial charge in [0.2, 0.25) is 0 Å². The highest BCUT2D eigenvalue weighted by Crippen LogP contribution is 2.36. The molecule has 0 amide bonds. The quantitative estimate of drug-likeness (QED) is 0.777. The maximum Gasteiger partial charge on any atom is 0.262 e. The number of methoxy groups -OCH3 is 2. The van der Waals surface area contributed by atoms with E-state index in [4.69, 9.17) is 9.47 Å². The van der Waals surface area contributed by atoms with Gasteiger partial charge in [0.15, 0.2) is 0 Å². The van der Waals surface area contributed by atoms with E-state index in [0.29, 0.717) is 16.9 Å². The zero-order valence-electron chi connectivity index (χ0n) is 15.9. The SMILES string of the molecule is COc1cc2cc(-c3cc(C)c(O)c(C)c3)n(C)c(=O)c2c(OC)c1C. The lowest BCUT2D eigenvalue weighted by Crippen LogP contribution is -2.19. The van der Waals surface area contributed by atoms with Crippen LogP contribution in [-0.4, -0.2) is 23.9 Å². The van der Waals surface area contributed by atoms with Gasteiger partial charge < -0.3 is 19.1 Å². The Labute approximate surface area is 152 Å². The van der Waals surface area contributed by atoms with E-state index >= 15 is 0 Å². The third-order valence-corrected chi connectivity index (χ3v) is 4.90. The van der Waals surface area contributed by atoms with Crippen molar-refractivity contribution in [2.45, 2.75) is 20.8 Å². The summed E-state index contributed by atoms with van der Waals surface area (Å²) >= 11 is 0. The molecular weight excluding hydrogens is 330 g/mol. The Morgan fingerprint density at radius 1 is 0.962 bits per heavy atom. The van der Waals surface area contributed by atoms with Gasteiger partial charge in [0.25, 0.3) is 5.56 Å². The van der Waals surface area contributed by atoms with Crippen LogP contribution in [0.1, 0.15) is 16.7 Å². The second-order valence-electron chi connectivity index (χ2n) is 6.55. The molecule has 136 valence electrons. The normalized spacial score (nSPS) is 11.0. The van der Waals surface area contributed by atoms with Crippen LogP contribution >= 0.6 is 0 Å². The number of benzene rings is 2. The molecule has 5 nitrogen and oxygen atoms in total. The lowest BCUT2D eigenvalue weighted by atomic mass is 10.00. The summed E-state index contributed by atoms with van der Waals surface area (Å²) in [5.74, 6) is 1.48. The molecule has 5 heteroatoms. The van der Waals surface area contributed by atoms with Gasteiger partial charge in [-0.2, -0.15) is 0 Å². The molecule has 0 bridgehead atoms. The van der Waals surface area contributed by atoms with Crippen molar-refractivity contribution in [3.05, 3.63) is 51.3 Å². The van der Waals surface area contributed by atoms with Gasteiger partial charge in [-0.1, -0.05) is 0 Å². The summed E-state index contributed by atoms with van der Waals surface area (Å²) in [7, 11) is 4.90. The van der Waals surface area contributed by atoms with E-state index in [9.17, 15) is 9.90 Å². The molecule has 2 aromatic carbocycles. The van der Waals surface area contributed by atoms with Crippen molar-refractivity contribution in [3.63, 3.8) is 0 Å². The van der Waals surface area contributed by atoms with Gasteiger partial charge in [0, 0.05) is 12.6 Å². The first-order chi connectivity index (χ1) is 12.3. The number of pyridine rings is 1.